The molecule has 0 saturated carbocycles. The smallest absolute Gasteiger partial charge is 0.310 e. The molecule has 4 heteroatoms. The summed E-state index contributed by atoms with van der Waals surface area (Å²) < 4.78 is 4.80. The van der Waals surface area contributed by atoms with E-state index in [1.165, 1.54) is 25.5 Å². The van der Waals surface area contributed by atoms with Crippen molar-refractivity contribution in [1.29, 1.82) is 0 Å². The molecule has 0 aromatic heterocycles. The molecule has 0 saturated heterocycles. The van der Waals surface area contributed by atoms with Crippen LogP contribution in [0.15, 0.2) is 42.0 Å². The minimum Gasteiger partial charge on any atom is -0.469 e. The first-order valence-corrected chi connectivity index (χ1v) is 8.72. The third-order valence-corrected chi connectivity index (χ3v) is 4.49. The predicted octanol–water partition coefficient (Wildman–Crippen LogP) is 3.83. The fraction of sp³-hybridized carbons (Fsp3) is 0.500. The van der Waals surface area contributed by atoms with Crippen LogP contribution in [0, 0.1) is 5.92 Å². The van der Waals surface area contributed by atoms with Crippen LogP contribution in [-0.2, 0) is 9.53 Å². The summed E-state index contributed by atoms with van der Waals surface area (Å²) in [7, 11) is 1.38. The van der Waals surface area contributed by atoms with Gasteiger partial charge in [0.1, 0.15) is 0 Å². The Kier molecular flexibility index (Phi) is 7.04. The molecule has 2 rings (SSSR count). The number of carbonyl (C=O) groups excluding carboxylic acids is 2. The van der Waals surface area contributed by atoms with E-state index in [4.69, 9.17) is 4.74 Å². The molecule has 0 fully saturated rings. The maximum absolute atomic E-state index is 12.8. The van der Waals surface area contributed by atoms with Crippen LogP contribution in [0.4, 0.5) is 0 Å². The standard InChI is InChI=1S/C20H27NO3/c1-16(20(23)24-2)15-21(14-13-17-9-5-3-6-10-17)19(22)18-11-7-4-8-12-18/h4,7-9,11-12,16H,3,5-6,10,13-15H2,1-2H3. The Labute approximate surface area is 144 Å². The zero-order valence-electron chi connectivity index (χ0n) is 14.7. The molecule has 1 aliphatic carbocycles. The molecule has 0 spiro atoms. The average molecular weight is 329 g/mol. The van der Waals surface area contributed by atoms with Crippen molar-refractivity contribution in [3.8, 4) is 0 Å². The van der Waals surface area contributed by atoms with E-state index in [9.17, 15) is 9.59 Å². The SMILES string of the molecule is COC(=O)C(C)CN(CCC1=CCCCC1)C(=O)c1ccccc1. The first-order valence-electron chi connectivity index (χ1n) is 8.72. The molecule has 24 heavy (non-hydrogen) atoms. The van der Waals surface area contributed by atoms with Crippen LogP contribution in [0.5, 0.6) is 0 Å². The van der Waals surface area contributed by atoms with Crippen molar-refractivity contribution in [2.24, 2.45) is 5.92 Å². The number of rotatable bonds is 7. The van der Waals surface area contributed by atoms with Crippen LogP contribution in [-0.4, -0.2) is 37.0 Å². The van der Waals surface area contributed by atoms with Gasteiger partial charge in [-0.25, -0.2) is 0 Å². The first kappa shape index (κ1) is 18.2. The van der Waals surface area contributed by atoms with Gasteiger partial charge in [-0.2, -0.15) is 0 Å². The number of benzene rings is 1. The molecule has 1 atom stereocenters. The molecule has 4 nitrogen and oxygen atoms in total. The van der Waals surface area contributed by atoms with Crippen molar-refractivity contribution in [2.45, 2.75) is 39.0 Å². The highest BCUT2D eigenvalue weighted by Crippen LogP contribution is 2.21. The number of esters is 1. The van der Waals surface area contributed by atoms with E-state index in [0.717, 1.165) is 19.3 Å². The zero-order chi connectivity index (χ0) is 17.4. The highest BCUT2D eigenvalue weighted by atomic mass is 16.5. The summed E-state index contributed by atoms with van der Waals surface area (Å²) in [5.74, 6) is -0.636. The van der Waals surface area contributed by atoms with Gasteiger partial charge in [-0.3, -0.25) is 9.59 Å². The predicted molar refractivity (Wildman–Crippen MR) is 94.7 cm³/mol. The van der Waals surface area contributed by atoms with E-state index in [-0.39, 0.29) is 17.8 Å². The Bertz CT molecular complexity index is 580. The number of allylic oxidation sites excluding steroid dienone is 1. The molecular formula is C20H27NO3. The number of carbonyl (C=O) groups is 2. The summed E-state index contributed by atoms with van der Waals surface area (Å²) in [6.07, 6.45) is 7.94. The Balaban J connectivity index is 2.06. The topological polar surface area (TPSA) is 46.6 Å². The lowest BCUT2D eigenvalue weighted by Crippen LogP contribution is -2.38. The average Bonchev–Trinajstić information content (AvgIpc) is 2.65. The quantitative estimate of drug-likeness (QED) is 0.564. The van der Waals surface area contributed by atoms with Gasteiger partial charge in [0.05, 0.1) is 13.0 Å². The molecule has 0 radical (unpaired) electrons. The molecule has 1 aliphatic rings. The second-order valence-corrected chi connectivity index (χ2v) is 6.40. The third kappa shape index (κ3) is 5.22. The second kappa shape index (κ2) is 9.26. The van der Waals surface area contributed by atoms with Gasteiger partial charge < -0.3 is 9.64 Å². The van der Waals surface area contributed by atoms with Gasteiger partial charge in [0.25, 0.3) is 5.91 Å². The summed E-state index contributed by atoms with van der Waals surface area (Å²) >= 11 is 0. The van der Waals surface area contributed by atoms with E-state index in [0.29, 0.717) is 18.7 Å². The monoisotopic (exact) mass is 329 g/mol. The minimum absolute atomic E-state index is 0.0252. The largest absolute Gasteiger partial charge is 0.469 e. The van der Waals surface area contributed by atoms with Gasteiger partial charge >= 0.3 is 5.97 Å². The van der Waals surface area contributed by atoms with E-state index >= 15 is 0 Å². The van der Waals surface area contributed by atoms with Crippen LogP contribution in [0.3, 0.4) is 0 Å². The Morgan fingerprint density at radius 3 is 2.58 bits per heavy atom. The van der Waals surface area contributed by atoms with E-state index in [1.54, 1.807) is 11.8 Å². The van der Waals surface area contributed by atoms with Gasteiger partial charge in [0.2, 0.25) is 0 Å². The number of ether oxygens (including phenoxy) is 1. The van der Waals surface area contributed by atoms with Crippen LogP contribution < -0.4 is 0 Å². The molecule has 130 valence electrons. The number of hydrogen-bond acceptors (Lipinski definition) is 3. The Morgan fingerprint density at radius 2 is 1.96 bits per heavy atom. The van der Waals surface area contributed by atoms with E-state index in [1.807, 2.05) is 30.3 Å². The fourth-order valence-electron chi connectivity index (χ4n) is 3.06. The summed E-state index contributed by atoms with van der Waals surface area (Å²) in [5, 5.41) is 0. The molecule has 0 N–H and O–H groups in total. The Morgan fingerprint density at radius 1 is 1.21 bits per heavy atom. The molecule has 1 aromatic carbocycles. The summed E-state index contributed by atoms with van der Waals surface area (Å²) in [4.78, 5) is 26.3. The third-order valence-electron chi connectivity index (χ3n) is 4.49. The summed E-state index contributed by atoms with van der Waals surface area (Å²) in [6, 6.07) is 9.25. The van der Waals surface area contributed by atoms with Crippen molar-refractivity contribution in [3.63, 3.8) is 0 Å². The van der Waals surface area contributed by atoms with Crippen LogP contribution in [0.1, 0.15) is 49.4 Å². The maximum Gasteiger partial charge on any atom is 0.310 e. The van der Waals surface area contributed by atoms with E-state index < -0.39 is 0 Å². The molecule has 1 aromatic rings. The van der Waals surface area contributed by atoms with E-state index in [2.05, 4.69) is 6.08 Å². The van der Waals surface area contributed by atoms with Gasteiger partial charge in [-0.05, 0) is 44.2 Å². The fourth-order valence-corrected chi connectivity index (χ4v) is 3.06. The maximum atomic E-state index is 12.8. The van der Waals surface area contributed by atoms with Crippen LogP contribution in [0.2, 0.25) is 0 Å². The second-order valence-electron chi connectivity index (χ2n) is 6.40. The molecule has 0 heterocycles. The normalized spacial score (nSPS) is 15.3. The van der Waals surface area contributed by atoms with Crippen LogP contribution in [0.25, 0.3) is 0 Å². The summed E-state index contributed by atoms with van der Waals surface area (Å²) in [5.41, 5.74) is 2.09. The highest BCUT2D eigenvalue weighted by Gasteiger charge is 2.22. The van der Waals surface area contributed by atoms with Gasteiger partial charge in [-0.1, -0.05) is 36.8 Å². The molecule has 1 unspecified atom stereocenters. The van der Waals surface area contributed by atoms with Crippen molar-refractivity contribution in [2.75, 3.05) is 20.2 Å². The molecule has 1 amide bonds. The minimum atomic E-state index is -0.331. The van der Waals surface area contributed by atoms with Crippen molar-refractivity contribution in [3.05, 3.63) is 47.5 Å². The molecule has 0 bridgehead atoms. The Hall–Kier alpha value is -2.10. The lowest BCUT2D eigenvalue weighted by molar-refractivity contribution is -0.145. The van der Waals surface area contributed by atoms with Crippen LogP contribution >= 0.6 is 0 Å². The lowest BCUT2D eigenvalue weighted by Gasteiger charge is -2.26. The van der Waals surface area contributed by atoms with Gasteiger partial charge in [0, 0.05) is 18.7 Å². The summed E-state index contributed by atoms with van der Waals surface area (Å²) in [6.45, 7) is 2.82. The lowest BCUT2D eigenvalue weighted by atomic mass is 9.97. The zero-order valence-corrected chi connectivity index (χ0v) is 14.7. The number of hydrogen-bond donors (Lipinski definition) is 0. The van der Waals surface area contributed by atoms with Crippen molar-refractivity contribution in [1.82, 2.24) is 4.90 Å². The van der Waals surface area contributed by atoms with Crippen molar-refractivity contribution >= 4 is 11.9 Å². The highest BCUT2D eigenvalue weighted by molar-refractivity contribution is 5.94. The number of amides is 1. The van der Waals surface area contributed by atoms with Gasteiger partial charge in [-0.15, -0.1) is 0 Å². The molecular weight excluding hydrogens is 302 g/mol. The van der Waals surface area contributed by atoms with Crippen molar-refractivity contribution < 1.29 is 14.3 Å². The number of nitrogens with zero attached hydrogens (tertiary/aromatic N) is 1. The number of methoxy groups -OCH3 is 1. The van der Waals surface area contributed by atoms with Gasteiger partial charge in [0.15, 0.2) is 0 Å². The first-order chi connectivity index (χ1) is 11.6. The molecule has 0 aliphatic heterocycles.